The summed E-state index contributed by atoms with van der Waals surface area (Å²) >= 11 is 7.04. The van der Waals surface area contributed by atoms with Crippen molar-refractivity contribution in [2.45, 2.75) is 0 Å². The van der Waals surface area contributed by atoms with Crippen molar-refractivity contribution >= 4 is 44.9 Å². The Hall–Kier alpha value is -2.57. The van der Waals surface area contributed by atoms with Crippen LogP contribution < -0.4 is 10.2 Å². The highest BCUT2D eigenvalue weighted by Gasteiger charge is 2.08. The third kappa shape index (κ3) is 2.86. The van der Waals surface area contributed by atoms with Crippen molar-refractivity contribution in [2.24, 2.45) is 0 Å². The molecule has 0 atom stereocenters. The lowest BCUT2D eigenvalue weighted by atomic mass is 10.2. The summed E-state index contributed by atoms with van der Waals surface area (Å²) in [6, 6.07) is 13.3. The number of aromatic nitrogens is 2. The zero-order chi connectivity index (χ0) is 15.8. The monoisotopic (exact) mass is 343 g/mol. The van der Waals surface area contributed by atoms with Crippen molar-refractivity contribution in [3.8, 4) is 11.3 Å². The van der Waals surface area contributed by atoms with Crippen LogP contribution >= 0.6 is 22.9 Å². The SMILES string of the molecule is O=c1[nH]c2ccc(Nc3ncc(-c4ccc(Cl)cc4)o3)cc2s1. The van der Waals surface area contributed by atoms with Gasteiger partial charge in [-0.3, -0.25) is 4.79 Å². The van der Waals surface area contributed by atoms with E-state index in [4.69, 9.17) is 16.0 Å². The van der Waals surface area contributed by atoms with Crippen LogP contribution in [0.5, 0.6) is 0 Å². The second-order valence-corrected chi connectivity index (χ2v) is 6.34. The summed E-state index contributed by atoms with van der Waals surface area (Å²) in [5, 5.41) is 3.77. The molecule has 0 bridgehead atoms. The molecule has 0 saturated heterocycles. The van der Waals surface area contributed by atoms with Crippen LogP contribution in [0.2, 0.25) is 5.02 Å². The van der Waals surface area contributed by atoms with Gasteiger partial charge >= 0.3 is 4.87 Å². The molecule has 0 saturated carbocycles. The first-order valence-corrected chi connectivity index (χ1v) is 7.98. The number of rotatable bonds is 3. The fourth-order valence-corrected chi connectivity index (χ4v) is 3.13. The molecule has 4 rings (SSSR count). The highest BCUT2D eigenvalue weighted by atomic mass is 35.5. The van der Waals surface area contributed by atoms with E-state index in [0.717, 1.165) is 21.5 Å². The van der Waals surface area contributed by atoms with Crippen molar-refractivity contribution in [2.75, 3.05) is 5.32 Å². The minimum absolute atomic E-state index is 0.0710. The lowest BCUT2D eigenvalue weighted by Gasteiger charge is -2.01. The molecule has 2 heterocycles. The Morgan fingerprint density at radius 3 is 2.83 bits per heavy atom. The number of hydrogen-bond donors (Lipinski definition) is 2. The Balaban J connectivity index is 1.60. The quantitative estimate of drug-likeness (QED) is 0.568. The topological polar surface area (TPSA) is 70.9 Å². The second-order valence-electron chi connectivity index (χ2n) is 4.89. The van der Waals surface area contributed by atoms with Crippen molar-refractivity contribution < 1.29 is 4.42 Å². The number of oxazole rings is 1. The lowest BCUT2D eigenvalue weighted by Crippen LogP contribution is -1.90. The fraction of sp³-hybridized carbons (Fsp3) is 0. The van der Waals surface area contributed by atoms with Crippen LogP contribution in [-0.2, 0) is 0 Å². The van der Waals surface area contributed by atoms with Crippen LogP contribution in [-0.4, -0.2) is 9.97 Å². The first-order chi connectivity index (χ1) is 11.2. The van der Waals surface area contributed by atoms with Gasteiger partial charge in [0, 0.05) is 16.3 Å². The average molecular weight is 344 g/mol. The van der Waals surface area contributed by atoms with Crippen molar-refractivity contribution in [3.05, 3.63) is 63.4 Å². The summed E-state index contributed by atoms with van der Waals surface area (Å²) in [6.45, 7) is 0. The molecular formula is C16H10ClN3O2S. The maximum Gasteiger partial charge on any atom is 0.305 e. The van der Waals surface area contributed by atoms with Crippen molar-refractivity contribution in [1.82, 2.24) is 9.97 Å². The maximum absolute atomic E-state index is 11.3. The summed E-state index contributed by atoms with van der Waals surface area (Å²) in [5.41, 5.74) is 2.52. The highest BCUT2D eigenvalue weighted by Crippen LogP contribution is 2.27. The van der Waals surface area contributed by atoms with Gasteiger partial charge in [0.25, 0.3) is 6.01 Å². The highest BCUT2D eigenvalue weighted by molar-refractivity contribution is 7.16. The van der Waals surface area contributed by atoms with E-state index in [1.54, 1.807) is 18.3 Å². The molecular weight excluding hydrogens is 334 g/mol. The fourth-order valence-electron chi connectivity index (χ4n) is 2.23. The number of hydrogen-bond acceptors (Lipinski definition) is 5. The first-order valence-electron chi connectivity index (χ1n) is 6.79. The molecule has 0 spiro atoms. The Morgan fingerprint density at radius 1 is 1.17 bits per heavy atom. The van der Waals surface area contributed by atoms with Gasteiger partial charge in [0.2, 0.25) is 0 Å². The molecule has 23 heavy (non-hydrogen) atoms. The Bertz CT molecular complexity index is 1030. The molecule has 0 unspecified atom stereocenters. The van der Waals surface area contributed by atoms with Crippen LogP contribution in [0.4, 0.5) is 11.7 Å². The molecule has 114 valence electrons. The molecule has 0 radical (unpaired) electrons. The molecule has 4 aromatic rings. The summed E-state index contributed by atoms with van der Waals surface area (Å²) in [4.78, 5) is 18.3. The predicted octanol–water partition coefficient (Wildman–Crippen LogP) is 4.64. The number of fused-ring (bicyclic) bond motifs is 1. The molecule has 7 heteroatoms. The van der Waals surface area contributed by atoms with Crippen LogP contribution in [0.1, 0.15) is 0 Å². The summed E-state index contributed by atoms with van der Waals surface area (Å²) < 4.78 is 6.58. The van der Waals surface area contributed by atoms with E-state index in [9.17, 15) is 4.79 Å². The summed E-state index contributed by atoms with van der Waals surface area (Å²) in [6.07, 6.45) is 1.65. The number of thiazole rings is 1. The van der Waals surface area contributed by atoms with E-state index in [0.29, 0.717) is 16.8 Å². The molecule has 0 aliphatic rings. The number of anilines is 2. The third-order valence-electron chi connectivity index (χ3n) is 3.31. The molecule has 0 fully saturated rings. The van der Waals surface area contributed by atoms with Gasteiger partial charge in [-0.1, -0.05) is 22.9 Å². The van der Waals surface area contributed by atoms with E-state index in [2.05, 4.69) is 15.3 Å². The molecule has 2 N–H and O–H groups in total. The Morgan fingerprint density at radius 2 is 2.00 bits per heavy atom. The van der Waals surface area contributed by atoms with E-state index in [1.165, 1.54) is 11.3 Å². The van der Waals surface area contributed by atoms with Gasteiger partial charge in [-0.05, 0) is 42.5 Å². The lowest BCUT2D eigenvalue weighted by molar-refractivity contribution is 0.592. The molecule has 0 aliphatic heterocycles. The molecule has 0 aliphatic carbocycles. The zero-order valence-corrected chi connectivity index (χ0v) is 13.2. The van der Waals surface area contributed by atoms with E-state index in [1.807, 2.05) is 30.3 Å². The van der Waals surface area contributed by atoms with Gasteiger partial charge in [-0.15, -0.1) is 0 Å². The van der Waals surface area contributed by atoms with Gasteiger partial charge in [0.15, 0.2) is 5.76 Å². The van der Waals surface area contributed by atoms with Crippen LogP contribution in [0.15, 0.2) is 57.9 Å². The number of H-pyrrole nitrogens is 1. The minimum atomic E-state index is -0.0710. The largest absolute Gasteiger partial charge is 0.423 e. The summed E-state index contributed by atoms with van der Waals surface area (Å²) in [5.74, 6) is 0.650. The van der Waals surface area contributed by atoms with E-state index < -0.39 is 0 Å². The van der Waals surface area contributed by atoms with E-state index >= 15 is 0 Å². The molecule has 5 nitrogen and oxygen atoms in total. The average Bonchev–Trinajstić information content (AvgIpc) is 3.13. The van der Waals surface area contributed by atoms with Crippen molar-refractivity contribution in [1.29, 1.82) is 0 Å². The normalized spacial score (nSPS) is 11.0. The molecule has 2 aromatic heterocycles. The second kappa shape index (κ2) is 5.57. The maximum atomic E-state index is 11.3. The van der Waals surface area contributed by atoms with Gasteiger partial charge in [-0.2, -0.15) is 0 Å². The van der Waals surface area contributed by atoms with Gasteiger partial charge < -0.3 is 14.7 Å². The summed E-state index contributed by atoms with van der Waals surface area (Å²) in [7, 11) is 0. The number of halogens is 1. The van der Waals surface area contributed by atoms with Crippen molar-refractivity contribution in [3.63, 3.8) is 0 Å². The smallest absolute Gasteiger partial charge is 0.305 e. The number of benzene rings is 2. The first kappa shape index (κ1) is 14.0. The number of aromatic amines is 1. The van der Waals surface area contributed by atoms with Crippen LogP contribution in [0.3, 0.4) is 0 Å². The van der Waals surface area contributed by atoms with Gasteiger partial charge in [0.05, 0.1) is 16.4 Å². The predicted molar refractivity (Wildman–Crippen MR) is 92.7 cm³/mol. The minimum Gasteiger partial charge on any atom is -0.423 e. The number of nitrogens with one attached hydrogen (secondary N) is 2. The Labute approximate surface area is 139 Å². The van der Waals surface area contributed by atoms with Gasteiger partial charge in [-0.25, -0.2) is 4.98 Å². The van der Waals surface area contributed by atoms with Gasteiger partial charge in [0.1, 0.15) is 0 Å². The van der Waals surface area contributed by atoms with Crippen LogP contribution in [0, 0.1) is 0 Å². The standard InChI is InChI=1S/C16H10ClN3O2S/c17-10-3-1-9(2-4-10)13-8-18-15(22-13)19-11-5-6-12-14(7-11)23-16(21)20-12/h1-8H,(H,18,19)(H,20,21). The van der Waals surface area contributed by atoms with Crippen LogP contribution in [0.25, 0.3) is 21.5 Å². The molecule has 0 amide bonds. The third-order valence-corrected chi connectivity index (χ3v) is 4.40. The number of nitrogens with zero attached hydrogens (tertiary/aromatic N) is 1. The Kier molecular flexibility index (Phi) is 3.40. The zero-order valence-electron chi connectivity index (χ0n) is 11.7. The van der Waals surface area contributed by atoms with E-state index in [-0.39, 0.29) is 4.87 Å². The molecule has 2 aromatic carbocycles.